The maximum absolute atomic E-state index is 14.7. The topological polar surface area (TPSA) is 154 Å². The van der Waals surface area contributed by atoms with Gasteiger partial charge in [-0.25, -0.2) is 0 Å². The van der Waals surface area contributed by atoms with Gasteiger partial charge in [0.15, 0.2) is 41.0 Å². The van der Waals surface area contributed by atoms with Gasteiger partial charge < -0.3 is 45.5 Å². The highest BCUT2D eigenvalue weighted by molar-refractivity contribution is 8.76. The number of hydrogen-bond donors (Lipinski definition) is 6. The number of allylic oxidation sites excluding steroid dienone is 2. The first kappa shape index (κ1) is 44.9. The average Bonchev–Trinajstić information content (AvgIpc) is 3.99. The minimum absolute atomic E-state index is 0.0423. The Kier molecular flexibility index (Phi) is 15.3. The highest BCUT2D eigenvalue weighted by atomic mass is 33.1. The first-order valence-corrected chi connectivity index (χ1v) is 24.9. The largest absolute Gasteiger partial charge is 0.504 e. The molecular formula is C47H68N4O7S2. The second-order valence-corrected chi connectivity index (χ2v) is 20.7. The fourth-order valence-electron chi connectivity index (χ4n) is 11.1. The molecule has 330 valence electrons. The standard InChI is InChI=1S/C47H68N4O7S2/c1-48-30-46(22-17-33(27-46)24-42(54)57-36-12-5-4-6-13-36)58-40-26-35-25-37(43(40)55)51-44(49-2)50-31-60-59-29-34-11-9-21-47(34,28-32-15-16-38(52)39(23-32)56-3)41(53)14-10-20-45(35)18-7-8-19-45/h10,14-16,23,25-26,33-34,36,42,48,52,54-55H,4-9,11-13,17-22,24,27-31H2,1-3H3,(H2,49,50,51). The number of nitrogens with one attached hydrogen (secondary N) is 3. The number of aliphatic imine (C=N–C) groups is 1. The predicted octanol–water partition coefficient (Wildman–Crippen LogP) is 9.00. The summed E-state index contributed by atoms with van der Waals surface area (Å²) in [6.45, 7) is 0.600. The minimum atomic E-state index is -0.788. The van der Waals surface area contributed by atoms with E-state index in [0.29, 0.717) is 54.8 Å². The van der Waals surface area contributed by atoms with Crippen molar-refractivity contribution in [1.82, 2.24) is 10.6 Å². The second-order valence-electron chi connectivity index (χ2n) is 18.2. The van der Waals surface area contributed by atoms with E-state index >= 15 is 0 Å². The Balaban J connectivity index is 1.19. The van der Waals surface area contributed by atoms with Crippen LogP contribution in [0, 0.1) is 17.3 Å². The van der Waals surface area contributed by atoms with E-state index in [9.17, 15) is 20.1 Å². The van der Waals surface area contributed by atoms with Crippen molar-refractivity contribution in [3.8, 4) is 23.0 Å². The highest BCUT2D eigenvalue weighted by Gasteiger charge is 2.48. The number of fused-ring (bicyclic) bond motifs is 4. The number of phenols is 2. The fourth-order valence-corrected chi connectivity index (χ4v) is 13.4. The molecule has 2 bridgehead atoms. The van der Waals surface area contributed by atoms with Crippen LogP contribution in [-0.2, 0) is 21.4 Å². The number of ketones is 1. The third-order valence-corrected chi connectivity index (χ3v) is 16.5. The number of likely N-dealkylation sites (N-methyl/N-ethyl adjacent to an activating group) is 1. The third-order valence-electron chi connectivity index (χ3n) is 14.3. The zero-order chi connectivity index (χ0) is 42.2. The number of anilines is 1. The number of aliphatic hydroxyl groups excluding tert-OH is 1. The Hall–Kier alpha value is -3.10. The average molecular weight is 865 g/mol. The van der Waals surface area contributed by atoms with Gasteiger partial charge in [-0.3, -0.25) is 9.79 Å². The number of guanidine groups is 1. The maximum atomic E-state index is 14.7. The van der Waals surface area contributed by atoms with Gasteiger partial charge in [-0.05, 0) is 136 Å². The normalized spacial score (nSPS) is 28.9. The highest BCUT2D eigenvalue weighted by Crippen LogP contribution is 2.52. The number of carbonyl (C=O) groups excluding carboxylic acids is 1. The van der Waals surface area contributed by atoms with E-state index < -0.39 is 17.3 Å². The van der Waals surface area contributed by atoms with E-state index in [2.05, 4.69) is 39.2 Å². The van der Waals surface area contributed by atoms with Gasteiger partial charge in [0, 0.05) is 31.2 Å². The molecule has 1 heterocycles. The molecule has 7 rings (SSSR count). The van der Waals surface area contributed by atoms with Gasteiger partial charge in [-0.15, -0.1) is 0 Å². The molecular weight excluding hydrogens is 797 g/mol. The van der Waals surface area contributed by atoms with Crippen LogP contribution in [0.25, 0.3) is 0 Å². The van der Waals surface area contributed by atoms with E-state index in [0.717, 1.165) is 107 Å². The molecule has 2 aromatic carbocycles. The van der Waals surface area contributed by atoms with E-state index in [1.807, 2.05) is 25.3 Å². The smallest absolute Gasteiger partial charge is 0.196 e. The van der Waals surface area contributed by atoms with Crippen molar-refractivity contribution in [3.05, 3.63) is 53.6 Å². The zero-order valence-electron chi connectivity index (χ0n) is 35.9. The zero-order valence-corrected chi connectivity index (χ0v) is 37.6. The molecule has 0 saturated heterocycles. The number of hydrogen-bond acceptors (Lipinski definition) is 11. The summed E-state index contributed by atoms with van der Waals surface area (Å²) in [6, 6.07) is 9.58. The minimum Gasteiger partial charge on any atom is -0.504 e. The van der Waals surface area contributed by atoms with Crippen LogP contribution >= 0.6 is 21.6 Å². The molecule has 0 amide bonds. The number of nitrogens with zero attached hydrogens (tertiary/aromatic N) is 1. The quantitative estimate of drug-likeness (QED) is 0.0726. The van der Waals surface area contributed by atoms with Gasteiger partial charge in [-0.1, -0.05) is 72.3 Å². The molecule has 60 heavy (non-hydrogen) atoms. The van der Waals surface area contributed by atoms with Crippen molar-refractivity contribution in [2.75, 3.05) is 44.7 Å². The summed E-state index contributed by atoms with van der Waals surface area (Å²) in [5, 5.41) is 43.6. The Morgan fingerprint density at radius 2 is 1.78 bits per heavy atom. The lowest BCUT2D eigenvalue weighted by Crippen LogP contribution is -2.43. The van der Waals surface area contributed by atoms with Gasteiger partial charge >= 0.3 is 0 Å². The Bertz CT molecular complexity index is 1830. The lowest BCUT2D eigenvalue weighted by atomic mass is 9.70. The molecule has 5 aliphatic rings. The Morgan fingerprint density at radius 1 is 0.967 bits per heavy atom. The van der Waals surface area contributed by atoms with Crippen LogP contribution < -0.4 is 25.4 Å². The summed E-state index contributed by atoms with van der Waals surface area (Å²) >= 11 is 0. The van der Waals surface area contributed by atoms with Crippen molar-refractivity contribution in [3.63, 3.8) is 0 Å². The van der Waals surface area contributed by atoms with Gasteiger partial charge in [0.25, 0.3) is 0 Å². The molecule has 0 aromatic heterocycles. The molecule has 1 aliphatic heterocycles. The summed E-state index contributed by atoms with van der Waals surface area (Å²) in [6.07, 6.45) is 20.1. The first-order valence-electron chi connectivity index (χ1n) is 22.4. The number of carbonyl (C=O) groups is 1. The van der Waals surface area contributed by atoms with Crippen molar-refractivity contribution in [2.24, 2.45) is 22.2 Å². The SMILES string of the molecule is CN=C1NCSSCC2CCCC2(Cc2ccc(O)c(OC)c2)C(=O)C=CCC2(CCCC2)c2cc(c(O)c(OC3(CNC)CCC(CC(O)OC4CCCCC4)C3)c2)N1. The summed E-state index contributed by atoms with van der Waals surface area (Å²) in [4.78, 5) is 19.3. The van der Waals surface area contributed by atoms with E-state index in [-0.39, 0.29) is 40.6 Å². The van der Waals surface area contributed by atoms with Gasteiger partial charge in [0.1, 0.15) is 5.60 Å². The third kappa shape index (κ3) is 10.4. The Labute approximate surface area is 365 Å². The summed E-state index contributed by atoms with van der Waals surface area (Å²) in [5.41, 5.74) is 1.21. The Morgan fingerprint density at radius 3 is 2.55 bits per heavy atom. The monoisotopic (exact) mass is 864 g/mol. The van der Waals surface area contributed by atoms with Gasteiger partial charge in [-0.2, -0.15) is 0 Å². The molecule has 1 spiro atoms. The maximum Gasteiger partial charge on any atom is 0.196 e. The number of methoxy groups -OCH3 is 1. The molecule has 13 heteroatoms. The van der Waals surface area contributed by atoms with Crippen LogP contribution in [0.15, 0.2) is 47.5 Å². The molecule has 2 aromatic rings. The van der Waals surface area contributed by atoms with Crippen LogP contribution in [-0.4, -0.2) is 84.4 Å². The summed E-state index contributed by atoms with van der Waals surface area (Å²) < 4.78 is 18.6. The number of aromatic hydroxyl groups is 2. The van der Waals surface area contributed by atoms with Crippen LogP contribution in [0.4, 0.5) is 5.69 Å². The van der Waals surface area contributed by atoms with Gasteiger partial charge in [0.05, 0.1) is 24.8 Å². The molecule has 6 N–H and O–H groups in total. The molecule has 0 radical (unpaired) electrons. The van der Waals surface area contributed by atoms with Crippen LogP contribution in [0.1, 0.15) is 120 Å². The number of phenolic OH excluding ortho intramolecular Hbond substituents is 2. The van der Waals surface area contributed by atoms with Crippen molar-refractivity contribution < 1.29 is 34.3 Å². The fraction of sp³-hybridized carbons (Fsp3) is 0.660. The summed E-state index contributed by atoms with van der Waals surface area (Å²) in [5.74, 6) is 3.55. The summed E-state index contributed by atoms with van der Waals surface area (Å²) in [7, 11) is 8.70. The molecule has 4 saturated carbocycles. The molecule has 4 aliphatic carbocycles. The predicted molar refractivity (Wildman–Crippen MR) is 243 cm³/mol. The van der Waals surface area contributed by atoms with E-state index in [4.69, 9.17) is 14.2 Å². The molecule has 4 fully saturated rings. The van der Waals surface area contributed by atoms with E-state index in [1.54, 1.807) is 41.8 Å². The first-order chi connectivity index (χ1) is 29.1. The molecule has 5 atom stereocenters. The molecule has 11 nitrogen and oxygen atoms in total. The van der Waals surface area contributed by atoms with Crippen molar-refractivity contribution >= 4 is 39.0 Å². The van der Waals surface area contributed by atoms with Crippen molar-refractivity contribution in [2.45, 2.75) is 139 Å². The van der Waals surface area contributed by atoms with E-state index in [1.165, 1.54) is 6.42 Å². The lowest BCUT2D eigenvalue weighted by molar-refractivity contribution is -0.152. The number of benzene rings is 2. The number of rotatable bonds is 11. The van der Waals surface area contributed by atoms with Crippen LogP contribution in [0.2, 0.25) is 0 Å². The number of ether oxygens (including phenoxy) is 3. The van der Waals surface area contributed by atoms with Gasteiger partial charge in [0.2, 0.25) is 0 Å². The number of aliphatic hydroxyl groups is 1. The van der Waals surface area contributed by atoms with Crippen molar-refractivity contribution in [1.29, 1.82) is 0 Å². The lowest BCUT2D eigenvalue weighted by Gasteiger charge is -2.34. The van der Waals surface area contributed by atoms with Crippen LogP contribution in [0.3, 0.4) is 0 Å². The molecule has 5 unspecified atom stereocenters. The second kappa shape index (κ2) is 20.4. The van der Waals surface area contributed by atoms with Crippen LogP contribution in [0.5, 0.6) is 23.0 Å².